The van der Waals surface area contributed by atoms with Crippen LogP contribution < -0.4 is 16.4 Å². The molecule has 0 unspecified atom stereocenters. The number of H-pyrrole nitrogens is 1. The van der Waals surface area contributed by atoms with E-state index in [9.17, 15) is 9.59 Å². The molecule has 0 aliphatic heterocycles. The highest BCUT2D eigenvalue weighted by Crippen LogP contribution is 2.14. The van der Waals surface area contributed by atoms with Gasteiger partial charge in [0.15, 0.2) is 0 Å². The first-order chi connectivity index (χ1) is 15.1. The third kappa shape index (κ3) is 6.58. The first-order valence-corrected chi connectivity index (χ1v) is 10.6. The number of nitrogens with zero attached hydrogens (tertiary/aromatic N) is 1. The van der Waals surface area contributed by atoms with Crippen LogP contribution in [0.4, 0.5) is 0 Å². The molecule has 2 aromatic carbocycles. The van der Waals surface area contributed by atoms with Gasteiger partial charge in [-0.05, 0) is 42.7 Å². The summed E-state index contributed by atoms with van der Waals surface area (Å²) in [6, 6.07) is 16.2. The molecule has 0 bridgehead atoms. The van der Waals surface area contributed by atoms with Gasteiger partial charge in [-0.2, -0.15) is 0 Å². The zero-order valence-electron chi connectivity index (χ0n) is 17.1. The second-order valence-corrected chi connectivity index (χ2v) is 7.43. The first kappa shape index (κ1) is 22.4. The van der Waals surface area contributed by atoms with Gasteiger partial charge in [0.1, 0.15) is 11.9 Å². The molecule has 0 aliphatic rings. The lowest BCUT2D eigenvalue weighted by atomic mass is 10.1. The SMILES string of the molecule is NC(CCl)=NCCC[C@H](NC(=O)c1ccc2[nH]ccc2c1)C(=O)NCc1ccccc1. The summed E-state index contributed by atoms with van der Waals surface area (Å²) >= 11 is 5.63. The number of amides is 2. The van der Waals surface area contributed by atoms with Crippen LogP contribution in [0.3, 0.4) is 0 Å². The third-order valence-corrected chi connectivity index (χ3v) is 5.12. The van der Waals surface area contributed by atoms with E-state index in [1.807, 2.05) is 48.7 Å². The lowest BCUT2D eigenvalue weighted by molar-refractivity contribution is -0.123. The minimum atomic E-state index is -0.689. The van der Waals surface area contributed by atoms with Crippen molar-refractivity contribution in [2.45, 2.75) is 25.4 Å². The number of carbonyl (C=O) groups excluding carboxylic acids is 2. The number of nitrogens with one attached hydrogen (secondary N) is 3. The van der Waals surface area contributed by atoms with Crippen LogP contribution in [0.2, 0.25) is 0 Å². The summed E-state index contributed by atoms with van der Waals surface area (Å²) in [4.78, 5) is 32.9. The van der Waals surface area contributed by atoms with Crippen molar-refractivity contribution in [2.24, 2.45) is 10.7 Å². The highest BCUT2D eigenvalue weighted by molar-refractivity contribution is 6.27. The number of amidine groups is 1. The molecule has 3 aromatic rings. The van der Waals surface area contributed by atoms with E-state index < -0.39 is 6.04 Å². The highest BCUT2D eigenvalue weighted by Gasteiger charge is 2.21. The van der Waals surface area contributed by atoms with E-state index >= 15 is 0 Å². The molecule has 0 fully saturated rings. The average Bonchev–Trinajstić information content (AvgIpc) is 3.27. The number of benzene rings is 2. The van der Waals surface area contributed by atoms with E-state index in [0.717, 1.165) is 16.5 Å². The van der Waals surface area contributed by atoms with Crippen molar-refractivity contribution in [1.29, 1.82) is 0 Å². The number of hydrogen-bond acceptors (Lipinski definition) is 3. The average molecular weight is 440 g/mol. The summed E-state index contributed by atoms with van der Waals surface area (Å²) < 4.78 is 0. The maximum atomic E-state index is 12.8. The molecule has 7 nitrogen and oxygen atoms in total. The molecule has 0 radical (unpaired) electrons. The quantitative estimate of drug-likeness (QED) is 0.168. The van der Waals surface area contributed by atoms with Gasteiger partial charge in [-0.25, -0.2) is 0 Å². The molecule has 3 rings (SSSR count). The fourth-order valence-electron chi connectivity index (χ4n) is 3.17. The standard InChI is InChI=1S/C23H26ClN5O2/c24-14-21(25)27-11-4-7-20(23(31)28-15-16-5-2-1-3-6-16)29-22(30)18-8-9-19-17(13-18)10-12-26-19/h1-3,5-6,8-10,12-13,20,26H,4,7,11,14-15H2,(H2,25,27)(H,28,31)(H,29,30)/t20-/m0/s1. The second kappa shape index (κ2) is 11.2. The van der Waals surface area contributed by atoms with Crippen LogP contribution in [0.25, 0.3) is 10.9 Å². The number of alkyl halides is 1. The maximum Gasteiger partial charge on any atom is 0.251 e. The van der Waals surface area contributed by atoms with Gasteiger partial charge >= 0.3 is 0 Å². The summed E-state index contributed by atoms with van der Waals surface area (Å²) in [5.41, 5.74) is 8.05. The molecule has 0 aliphatic carbocycles. The van der Waals surface area contributed by atoms with Crippen molar-refractivity contribution in [2.75, 3.05) is 12.4 Å². The van der Waals surface area contributed by atoms with Gasteiger partial charge in [-0.1, -0.05) is 30.3 Å². The van der Waals surface area contributed by atoms with E-state index in [1.165, 1.54) is 0 Å². The summed E-state index contributed by atoms with van der Waals surface area (Å²) in [5.74, 6) is -0.0177. The Labute approximate surface area is 186 Å². The Hall–Kier alpha value is -3.32. The van der Waals surface area contributed by atoms with Crippen molar-refractivity contribution < 1.29 is 9.59 Å². The van der Waals surface area contributed by atoms with Crippen LogP contribution in [0.15, 0.2) is 65.8 Å². The molecule has 0 saturated carbocycles. The van der Waals surface area contributed by atoms with Crippen LogP contribution in [-0.4, -0.2) is 41.1 Å². The fraction of sp³-hybridized carbons (Fsp3) is 0.261. The van der Waals surface area contributed by atoms with E-state index in [0.29, 0.717) is 37.3 Å². The van der Waals surface area contributed by atoms with Gasteiger partial charge in [-0.3, -0.25) is 14.6 Å². The topological polar surface area (TPSA) is 112 Å². The summed E-state index contributed by atoms with van der Waals surface area (Å²) in [6.07, 6.45) is 2.83. The maximum absolute atomic E-state index is 12.8. The minimum Gasteiger partial charge on any atom is -0.386 e. The Morgan fingerprint density at radius 1 is 1.13 bits per heavy atom. The normalized spacial score (nSPS) is 12.5. The first-order valence-electron chi connectivity index (χ1n) is 10.1. The smallest absolute Gasteiger partial charge is 0.251 e. The zero-order chi connectivity index (χ0) is 22.1. The van der Waals surface area contributed by atoms with E-state index in [4.69, 9.17) is 17.3 Å². The largest absolute Gasteiger partial charge is 0.386 e. The number of halogens is 1. The Morgan fingerprint density at radius 2 is 1.94 bits per heavy atom. The van der Waals surface area contributed by atoms with Crippen LogP contribution in [-0.2, 0) is 11.3 Å². The number of aromatic nitrogens is 1. The highest BCUT2D eigenvalue weighted by atomic mass is 35.5. The molecule has 0 spiro atoms. The van der Waals surface area contributed by atoms with Gasteiger partial charge in [0.25, 0.3) is 5.91 Å². The van der Waals surface area contributed by atoms with Crippen molar-refractivity contribution in [3.63, 3.8) is 0 Å². The summed E-state index contributed by atoms with van der Waals surface area (Å²) in [7, 11) is 0. The third-order valence-electron chi connectivity index (χ3n) is 4.85. The van der Waals surface area contributed by atoms with Gasteiger partial charge in [-0.15, -0.1) is 11.6 Å². The fourth-order valence-corrected chi connectivity index (χ4v) is 3.26. The number of fused-ring (bicyclic) bond motifs is 1. The Balaban J connectivity index is 1.65. The molecule has 5 N–H and O–H groups in total. The molecular weight excluding hydrogens is 414 g/mol. The molecule has 1 heterocycles. The van der Waals surface area contributed by atoms with Gasteiger partial charge in [0, 0.05) is 35.8 Å². The van der Waals surface area contributed by atoms with Crippen LogP contribution in [0.5, 0.6) is 0 Å². The minimum absolute atomic E-state index is 0.166. The molecule has 0 saturated heterocycles. The van der Waals surface area contributed by atoms with Crippen LogP contribution >= 0.6 is 11.6 Å². The van der Waals surface area contributed by atoms with Crippen molar-refractivity contribution in [3.05, 3.63) is 71.9 Å². The molecule has 2 amide bonds. The Bertz CT molecular complexity index is 1050. The molecule has 1 atom stereocenters. The molecule has 162 valence electrons. The van der Waals surface area contributed by atoms with E-state index in [2.05, 4.69) is 20.6 Å². The zero-order valence-corrected chi connectivity index (χ0v) is 17.9. The number of nitrogens with two attached hydrogens (primary N) is 1. The van der Waals surface area contributed by atoms with Gasteiger partial charge in [0.2, 0.25) is 5.91 Å². The number of rotatable bonds is 10. The van der Waals surface area contributed by atoms with Crippen LogP contribution in [0.1, 0.15) is 28.8 Å². The summed E-state index contributed by atoms with van der Waals surface area (Å²) in [6.45, 7) is 0.824. The van der Waals surface area contributed by atoms with Crippen molar-refractivity contribution in [3.8, 4) is 0 Å². The van der Waals surface area contributed by atoms with Crippen molar-refractivity contribution >= 4 is 40.2 Å². The number of aliphatic imine (C=N–C) groups is 1. The number of hydrogen-bond donors (Lipinski definition) is 4. The van der Waals surface area contributed by atoms with Gasteiger partial charge < -0.3 is 21.4 Å². The lowest BCUT2D eigenvalue weighted by Crippen LogP contribution is -2.46. The van der Waals surface area contributed by atoms with Crippen LogP contribution in [0, 0.1) is 0 Å². The van der Waals surface area contributed by atoms with Gasteiger partial charge in [0.05, 0.1) is 5.88 Å². The Kier molecular flexibility index (Phi) is 8.06. The number of carbonyl (C=O) groups is 2. The van der Waals surface area contributed by atoms with E-state index in [1.54, 1.807) is 12.1 Å². The number of aromatic amines is 1. The lowest BCUT2D eigenvalue weighted by Gasteiger charge is -2.18. The predicted octanol–water partition coefficient (Wildman–Crippen LogP) is 2.96. The van der Waals surface area contributed by atoms with E-state index in [-0.39, 0.29) is 17.7 Å². The van der Waals surface area contributed by atoms with Crippen molar-refractivity contribution in [1.82, 2.24) is 15.6 Å². The Morgan fingerprint density at radius 3 is 2.71 bits per heavy atom. The monoisotopic (exact) mass is 439 g/mol. The second-order valence-electron chi connectivity index (χ2n) is 7.16. The summed E-state index contributed by atoms with van der Waals surface area (Å²) in [5, 5.41) is 6.70. The predicted molar refractivity (Wildman–Crippen MR) is 124 cm³/mol. The molecule has 31 heavy (non-hydrogen) atoms. The molecule has 1 aromatic heterocycles. The molecular formula is C23H26ClN5O2. The molecule has 8 heteroatoms.